The standard InChI is InChI=1S/C25H34N4O3S.CH4/c1-4-5-13-29-19-10-7-6-9-18(19)22-20(25(29)31)21(32-3)23(33-22)24(30)26-11-8-12-28-16-14-27(2)15-17-28;/h6-7,9-10H,4-5,8,11-17H2,1-3H3,(H,26,30);1H4. The Hall–Kier alpha value is -2.42. The molecule has 1 amide bonds. The highest BCUT2D eigenvalue weighted by Gasteiger charge is 2.24. The average Bonchev–Trinajstić information content (AvgIpc) is 3.23. The van der Waals surface area contributed by atoms with Crippen molar-refractivity contribution in [2.24, 2.45) is 0 Å². The fourth-order valence-corrected chi connectivity index (χ4v) is 5.70. The number of fused-ring (bicyclic) bond motifs is 3. The molecule has 1 fully saturated rings. The van der Waals surface area contributed by atoms with Crippen molar-refractivity contribution < 1.29 is 9.53 Å². The summed E-state index contributed by atoms with van der Waals surface area (Å²) in [4.78, 5) is 31.8. The molecule has 34 heavy (non-hydrogen) atoms. The molecule has 0 spiro atoms. The minimum absolute atomic E-state index is 0. The van der Waals surface area contributed by atoms with Crippen LogP contribution in [0.15, 0.2) is 29.1 Å². The summed E-state index contributed by atoms with van der Waals surface area (Å²) in [5, 5.41) is 4.55. The summed E-state index contributed by atoms with van der Waals surface area (Å²) in [6.45, 7) is 8.68. The van der Waals surface area contributed by atoms with Gasteiger partial charge in [-0.05, 0) is 32.5 Å². The number of unbranched alkanes of at least 4 members (excludes halogenated alkanes) is 1. The molecular weight excluding hydrogens is 448 g/mol. The molecule has 3 heterocycles. The summed E-state index contributed by atoms with van der Waals surface area (Å²) < 4.78 is 8.29. The maximum Gasteiger partial charge on any atom is 0.265 e. The van der Waals surface area contributed by atoms with Crippen LogP contribution in [0, 0.1) is 0 Å². The number of methoxy groups -OCH3 is 1. The Morgan fingerprint density at radius 2 is 1.85 bits per heavy atom. The smallest absolute Gasteiger partial charge is 0.265 e. The number of para-hydroxylation sites is 1. The molecule has 1 aromatic carbocycles. The zero-order valence-electron chi connectivity index (χ0n) is 19.9. The van der Waals surface area contributed by atoms with E-state index in [-0.39, 0.29) is 18.9 Å². The number of aromatic nitrogens is 1. The van der Waals surface area contributed by atoms with Crippen molar-refractivity contribution in [1.29, 1.82) is 0 Å². The second-order valence-corrected chi connectivity index (χ2v) is 9.77. The number of likely N-dealkylation sites (N-methyl/N-ethyl adjacent to an activating group) is 1. The number of hydrogen-bond donors (Lipinski definition) is 1. The van der Waals surface area contributed by atoms with Gasteiger partial charge in [0.05, 0.1) is 17.3 Å². The first-order chi connectivity index (χ1) is 16.0. The Kier molecular flexibility index (Phi) is 9.10. The number of amides is 1. The number of piperazine rings is 1. The van der Waals surface area contributed by atoms with Crippen LogP contribution in [0.25, 0.3) is 21.0 Å². The van der Waals surface area contributed by atoms with Gasteiger partial charge in [0.2, 0.25) is 0 Å². The second kappa shape index (κ2) is 11.8. The number of pyridine rings is 1. The zero-order valence-corrected chi connectivity index (χ0v) is 20.7. The molecule has 0 atom stereocenters. The van der Waals surface area contributed by atoms with Crippen molar-refractivity contribution in [2.75, 3.05) is 53.4 Å². The van der Waals surface area contributed by atoms with Crippen LogP contribution in [0.4, 0.5) is 0 Å². The molecular formula is C26H38N4O3S. The molecule has 8 heteroatoms. The number of hydrogen-bond acceptors (Lipinski definition) is 6. The van der Waals surface area contributed by atoms with Crippen LogP contribution in [0.3, 0.4) is 0 Å². The maximum absolute atomic E-state index is 13.5. The lowest BCUT2D eigenvalue weighted by Gasteiger charge is -2.32. The molecule has 2 aromatic heterocycles. The molecule has 1 aliphatic rings. The molecule has 3 aromatic rings. The number of carbonyl (C=O) groups excluding carboxylic acids is 1. The molecule has 7 nitrogen and oxygen atoms in total. The third-order valence-corrected chi connectivity index (χ3v) is 7.64. The van der Waals surface area contributed by atoms with E-state index in [4.69, 9.17) is 4.74 Å². The summed E-state index contributed by atoms with van der Waals surface area (Å²) in [5.41, 5.74) is 0.825. The van der Waals surface area contributed by atoms with Crippen LogP contribution in [0.1, 0.15) is 43.3 Å². The number of aryl methyl sites for hydroxylation is 1. The molecule has 1 N–H and O–H groups in total. The lowest BCUT2D eigenvalue weighted by atomic mass is 10.1. The maximum atomic E-state index is 13.5. The average molecular weight is 487 g/mol. The minimum Gasteiger partial charge on any atom is -0.494 e. The molecule has 4 rings (SSSR count). The Morgan fingerprint density at radius 3 is 2.56 bits per heavy atom. The highest BCUT2D eigenvalue weighted by Crippen LogP contribution is 2.39. The van der Waals surface area contributed by atoms with E-state index in [2.05, 4.69) is 29.1 Å². The number of rotatable bonds is 9. The molecule has 0 saturated carbocycles. The van der Waals surface area contributed by atoms with Gasteiger partial charge in [-0.3, -0.25) is 9.59 Å². The predicted molar refractivity (Wildman–Crippen MR) is 143 cm³/mol. The Morgan fingerprint density at radius 1 is 1.12 bits per heavy atom. The van der Waals surface area contributed by atoms with E-state index in [0.717, 1.165) is 67.6 Å². The normalized spacial score (nSPS) is 14.9. The summed E-state index contributed by atoms with van der Waals surface area (Å²) in [6.07, 6.45) is 2.82. The Bertz CT molecular complexity index is 1180. The van der Waals surface area contributed by atoms with Gasteiger partial charge < -0.3 is 24.4 Å². The Labute approximate surface area is 206 Å². The van der Waals surface area contributed by atoms with Crippen LogP contribution >= 0.6 is 11.3 Å². The molecule has 0 bridgehead atoms. The van der Waals surface area contributed by atoms with Gasteiger partial charge in [-0.2, -0.15) is 0 Å². The highest BCUT2D eigenvalue weighted by molar-refractivity contribution is 7.22. The van der Waals surface area contributed by atoms with Gasteiger partial charge in [-0.1, -0.05) is 39.0 Å². The number of thiophene rings is 1. The summed E-state index contributed by atoms with van der Waals surface area (Å²) in [7, 11) is 3.69. The molecule has 0 aliphatic carbocycles. The van der Waals surface area contributed by atoms with Crippen LogP contribution in [0.5, 0.6) is 5.75 Å². The summed E-state index contributed by atoms with van der Waals surface area (Å²) in [5.74, 6) is 0.225. The monoisotopic (exact) mass is 486 g/mol. The van der Waals surface area contributed by atoms with Gasteiger partial charge >= 0.3 is 0 Å². The molecule has 1 saturated heterocycles. The number of carbonyl (C=O) groups is 1. The largest absolute Gasteiger partial charge is 0.494 e. The number of nitrogens with zero attached hydrogens (tertiary/aromatic N) is 3. The number of benzene rings is 1. The lowest BCUT2D eigenvalue weighted by Crippen LogP contribution is -2.45. The van der Waals surface area contributed by atoms with E-state index < -0.39 is 0 Å². The van der Waals surface area contributed by atoms with Gasteiger partial charge in [-0.15, -0.1) is 11.3 Å². The topological polar surface area (TPSA) is 66.8 Å². The third-order valence-electron chi connectivity index (χ3n) is 6.44. The van der Waals surface area contributed by atoms with Crippen LogP contribution in [0.2, 0.25) is 0 Å². The van der Waals surface area contributed by atoms with E-state index >= 15 is 0 Å². The van der Waals surface area contributed by atoms with E-state index in [1.54, 1.807) is 0 Å². The number of nitrogens with one attached hydrogen (secondary N) is 1. The van der Waals surface area contributed by atoms with Crippen LogP contribution < -0.4 is 15.6 Å². The summed E-state index contributed by atoms with van der Waals surface area (Å²) in [6, 6.07) is 7.93. The number of ether oxygens (including phenoxy) is 1. The SMILES string of the molecule is C.CCCCn1c(=O)c2c(OC)c(C(=O)NCCCN3CCN(C)CC3)sc2c2ccccc21. The summed E-state index contributed by atoms with van der Waals surface area (Å²) >= 11 is 1.35. The fraction of sp³-hybridized carbons (Fsp3) is 0.538. The first-order valence-corrected chi connectivity index (χ1v) is 12.7. The van der Waals surface area contributed by atoms with E-state index in [0.29, 0.717) is 29.1 Å². The molecule has 1 aliphatic heterocycles. The van der Waals surface area contributed by atoms with Gasteiger partial charge in [0.25, 0.3) is 11.5 Å². The van der Waals surface area contributed by atoms with Crippen LogP contribution in [-0.2, 0) is 6.54 Å². The van der Waals surface area contributed by atoms with Gasteiger partial charge in [0.15, 0.2) is 5.75 Å². The highest BCUT2D eigenvalue weighted by atomic mass is 32.1. The third kappa shape index (κ3) is 5.29. The van der Waals surface area contributed by atoms with Gasteiger partial charge in [0.1, 0.15) is 10.3 Å². The first kappa shape index (κ1) is 26.2. The van der Waals surface area contributed by atoms with E-state index in [1.807, 2.05) is 28.8 Å². The van der Waals surface area contributed by atoms with Gasteiger partial charge in [-0.25, -0.2) is 0 Å². The molecule has 0 unspecified atom stereocenters. The van der Waals surface area contributed by atoms with E-state index in [9.17, 15) is 9.59 Å². The zero-order chi connectivity index (χ0) is 23.4. The Balaban J connectivity index is 0.00000324. The molecule has 0 radical (unpaired) electrons. The van der Waals surface area contributed by atoms with Gasteiger partial charge in [0, 0.05) is 44.7 Å². The van der Waals surface area contributed by atoms with Crippen molar-refractivity contribution in [2.45, 2.75) is 40.2 Å². The van der Waals surface area contributed by atoms with Crippen molar-refractivity contribution in [3.8, 4) is 5.75 Å². The second-order valence-electron chi connectivity index (χ2n) is 8.75. The van der Waals surface area contributed by atoms with Crippen LogP contribution in [-0.4, -0.2) is 73.7 Å². The quantitative estimate of drug-likeness (QED) is 0.463. The van der Waals surface area contributed by atoms with Crippen molar-refractivity contribution in [3.63, 3.8) is 0 Å². The molecule has 186 valence electrons. The van der Waals surface area contributed by atoms with Crippen molar-refractivity contribution in [3.05, 3.63) is 39.5 Å². The van der Waals surface area contributed by atoms with Crippen molar-refractivity contribution >= 4 is 38.2 Å². The van der Waals surface area contributed by atoms with Crippen molar-refractivity contribution in [1.82, 2.24) is 19.7 Å². The lowest BCUT2D eigenvalue weighted by molar-refractivity contribution is 0.0951. The minimum atomic E-state index is -0.171. The predicted octanol–water partition coefficient (Wildman–Crippen LogP) is 4.03. The fourth-order valence-electron chi connectivity index (χ4n) is 4.48. The first-order valence-electron chi connectivity index (χ1n) is 11.9. The van der Waals surface area contributed by atoms with E-state index in [1.165, 1.54) is 18.4 Å².